The number of ether oxygens (including phenoxy) is 1. The molecule has 128 valence electrons. The monoisotopic (exact) mass is 310 g/mol. The van der Waals surface area contributed by atoms with Gasteiger partial charge >= 0.3 is 6.09 Å². The van der Waals surface area contributed by atoms with Crippen LogP contribution in [0, 0.1) is 11.8 Å². The molecule has 0 aromatic rings. The van der Waals surface area contributed by atoms with Crippen molar-refractivity contribution in [1.82, 2.24) is 10.6 Å². The molecule has 0 aromatic heterocycles. The maximum Gasteiger partial charge on any atom is 0.407 e. The van der Waals surface area contributed by atoms with E-state index < -0.39 is 5.60 Å². The molecule has 2 fully saturated rings. The van der Waals surface area contributed by atoms with Crippen LogP contribution >= 0.6 is 0 Å². The second-order valence-corrected chi connectivity index (χ2v) is 8.09. The molecule has 0 radical (unpaired) electrons. The van der Waals surface area contributed by atoms with E-state index in [0.29, 0.717) is 12.6 Å². The van der Waals surface area contributed by atoms with E-state index in [1.807, 2.05) is 20.8 Å². The first-order valence-electron chi connectivity index (χ1n) is 9.14. The van der Waals surface area contributed by atoms with Crippen molar-refractivity contribution in [2.45, 2.75) is 83.8 Å². The quantitative estimate of drug-likeness (QED) is 0.733. The summed E-state index contributed by atoms with van der Waals surface area (Å²) >= 11 is 0. The van der Waals surface area contributed by atoms with Crippen molar-refractivity contribution in [3.8, 4) is 0 Å². The summed E-state index contributed by atoms with van der Waals surface area (Å²) in [7, 11) is 0. The van der Waals surface area contributed by atoms with E-state index in [0.717, 1.165) is 18.4 Å². The first-order chi connectivity index (χ1) is 10.4. The molecule has 0 aromatic carbocycles. The van der Waals surface area contributed by atoms with Crippen LogP contribution < -0.4 is 10.6 Å². The number of alkyl carbamates (subject to hydrolysis) is 1. The smallest absolute Gasteiger partial charge is 0.407 e. The van der Waals surface area contributed by atoms with E-state index in [9.17, 15) is 4.79 Å². The summed E-state index contributed by atoms with van der Waals surface area (Å²) in [6.45, 7) is 7.49. The highest BCUT2D eigenvalue weighted by molar-refractivity contribution is 5.67. The topological polar surface area (TPSA) is 50.4 Å². The number of hydrogen-bond acceptors (Lipinski definition) is 3. The van der Waals surface area contributed by atoms with Gasteiger partial charge in [-0.1, -0.05) is 25.7 Å². The molecule has 0 spiro atoms. The second-order valence-electron chi connectivity index (χ2n) is 8.09. The van der Waals surface area contributed by atoms with Gasteiger partial charge in [-0.25, -0.2) is 4.79 Å². The van der Waals surface area contributed by atoms with Crippen molar-refractivity contribution in [2.75, 3.05) is 13.1 Å². The second kappa shape index (κ2) is 8.19. The Hall–Kier alpha value is -0.770. The van der Waals surface area contributed by atoms with Crippen LogP contribution in [0.15, 0.2) is 0 Å². The minimum absolute atomic E-state index is 0.297. The summed E-state index contributed by atoms with van der Waals surface area (Å²) < 4.78 is 5.32. The van der Waals surface area contributed by atoms with E-state index in [1.165, 1.54) is 51.4 Å². The highest BCUT2D eigenvalue weighted by atomic mass is 16.6. The zero-order valence-electron chi connectivity index (χ0n) is 14.6. The molecule has 4 heteroatoms. The van der Waals surface area contributed by atoms with Gasteiger partial charge in [-0.15, -0.1) is 0 Å². The molecule has 0 aliphatic heterocycles. The highest BCUT2D eigenvalue weighted by Crippen LogP contribution is 2.33. The van der Waals surface area contributed by atoms with Gasteiger partial charge in [-0.05, 0) is 64.8 Å². The van der Waals surface area contributed by atoms with Crippen molar-refractivity contribution in [3.63, 3.8) is 0 Å². The van der Waals surface area contributed by atoms with Gasteiger partial charge in [0.2, 0.25) is 0 Å². The van der Waals surface area contributed by atoms with Gasteiger partial charge in [-0.2, -0.15) is 0 Å². The zero-order chi connectivity index (χ0) is 16.0. The number of carbonyl (C=O) groups excluding carboxylic acids is 1. The Bertz CT molecular complexity index is 339. The maximum atomic E-state index is 11.8. The maximum absolute atomic E-state index is 11.8. The van der Waals surface area contributed by atoms with Gasteiger partial charge in [0.05, 0.1) is 0 Å². The largest absolute Gasteiger partial charge is 0.444 e. The lowest BCUT2D eigenvalue weighted by Gasteiger charge is -2.24. The molecule has 4 nitrogen and oxygen atoms in total. The van der Waals surface area contributed by atoms with Crippen LogP contribution in [0.1, 0.15) is 72.1 Å². The minimum Gasteiger partial charge on any atom is -0.444 e. The summed E-state index contributed by atoms with van der Waals surface area (Å²) in [6.07, 6.45) is 10.6. The van der Waals surface area contributed by atoms with E-state index in [4.69, 9.17) is 4.74 Å². The van der Waals surface area contributed by atoms with Gasteiger partial charge in [0.25, 0.3) is 0 Å². The average Bonchev–Trinajstić information content (AvgIpc) is 3.23. The molecule has 2 rings (SSSR count). The molecule has 0 bridgehead atoms. The number of nitrogens with one attached hydrogen (secondary N) is 2. The molecule has 0 saturated heterocycles. The van der Waals surface area contributed by atoms with Crippen LogP contribution in [0.3, 0.4) is 0 Å². The first kappa shape index (κ1) is 17.6. The number of hydrogen-bond donors (Lipinski definition) is 2. The van der Waals surface area contributed by atoms with Crippen LogP contribution in [-0.4, -0.2) is 30.8 Å². The van der Waals surface area contributed by atoms with Gasteiger partial charge in [0, 0.05) is 12.6 Å². The molecular formula is C18H34N2O2. The van der Waals surface area contributed by atoms with Crippen LogP contribution in [0.2, 0.25) is 0 Å². The summed E-state index contributed by atoms with van der Waals surface area (Å²) in [5, 5.41) is 6.66. The molecule has 2 N–H and O–H groups in total. The van der Waals surface area contributed by atoms with Gasteiger partial charge < -0.3 is 15.4 Å². The predicted molar refractivity (Wildman–Crippen MR) is 89.9 cm³/mol. The van der Waals surface area contributed by atoms with E-state index >= 15 is 0 Å². The normalized spacial score (nSPS) is 22.0. The molecule has 2 saturated carbocycles. The Labute approximate surface area is 135 Å². The third-order valence-corrected chi connectivity index (χ3v) is 4.70. The Balaban J connectivity index is 1.69. The lowest BCUT2D eigenvalue weighted by molar-refractivity contribution is 0.0520. The van der Waals surface area contributed by atoms with Gasteiger partial charge in [0.15, 0.2) is 0 Å². The fourth-order valence-electron chi connectivity index (χ4n) is 3.30. The Morgan fingerprint density at radius 1 is 1.09 bits per heavy atom. The minimum atomic E-state index is -0.424. The molecule has 1 atom stereocenters. The van der Waals surface area contributed by atoms with E-state index in [2.05, 4.69) is 10.6 Å². The molecule has 0 heterocycles. The Kier molecular flexibility index (Phi) is 6.54. The zero-order valence-corrected chi connectivity index (χ0v) is 14.6. The van der Waals surface area contributed by atoms with E-state index in [1.54, 1.807) is 0 Å². The predicted octanol–water partition coefficient (Wildman–Crippen LogP) is 3.85. The number of carbonyl (C=O) groups is 1. The van der Waals surface area contributed by atoms with Gasteiger partial charge in [-0.3, -0.25) is 0 Å². The van der Waals surface area contributed by atoms with Crippen molar-refractivity contribution >= 4 is 6.09 Å². The third kappa shape index (κ3) is 6.99. The first-order valence-corrected chi connectivity index (χ1v) is 9.14. The van der Waals surface area contributed by atoms with Gasteiger partial charge in [0.1, 0.15) is 5.60 Å². The Morgan fingerprint density at radius 3 is 2.27 bits per heavy atom. The van der Waals surface area contributed by atoms with Crippen LogP contribution in [0.5, 0.6) is 0 Å². The lowest BCUT2D eigenvalue weighted by Crippen LogP contribution is -2.45. The number of amides is 1. The van der Waals surface area contributed by atoms with Crippen molar-refractivity contribution in [2.24, 2.45) is 11.8 Å². The molecule has 2 aliphatic carbocycles. The summed E-state index contributed by atoms with van der Waals surface area (Å²) in [5.74, 6) is 1.56. The van der Waals surface area contributed by atoms with E-state index in [-0.39, 0.29) is 6.09 Å². The average molecular weight is 310 g/mol. The van der Waals surface area contributed by atoms with Crippen molar-refractivity contribution in [3.05, 3.63) is 0 Å². The lowest BCUT2D eigenvalue weighted by atomic mass is 9.99. The van der Waals surface area contributed by atoms with Crippen molar-refractivity contribution in [1.29, 1.82) is 0 Å². The van der Waals surface area contributed by atoms with Crippen LogP contribution in [0.25, 0.3) is 0 Å². The molecule has 1 amide bonds. The standard InChI is InChI=1S/C18H34N2O2/c1-18(2,3)22-17(21)20-13-16(15-10-11-15)19-12-14-8-6-4-5-7-9-14/h14-16,19H,4-13H2,1-3H3,(H,20,21). The molecular weight excluding hydrogens is 276 g/mol. The fourth-order valence-corrected chi connectivity index (χ4v) is 3.30. The molecule has 1 unspecified atom stereocenters. The fraction of sp³-hybridized carbons (Fsp3) is 0.944. The van der Waals surface area contributed by atoms with Crippen LogP contribution in [-0.2, 0) is 4.74 Å². The summed E-state index contributed by atoms with van der Waals surface area (Å²) in [5.41, 5.74) is -0.424. The SMILES string of the molecule is CC(C)(C)OC(=O)NCC(NCC1CCCCCC1)C1CC1. The third-order valence-electron chi connectivity index (χ3n) is 4.70. The molecule has 2 aliphatic rings. The summed E-state index contributed by atoms with van der Waals surface area (Å²) in [6, 6.07) is 0.413. The highest BCUT2D eigenvalue weighted by Gasteiger charge is 2.32. The van der Waals surface area contributed by atoms with Crippen LogP contribution in [0.4, 0.5) is 4.79 Å². The molecule has 22 heavy (non-hydrogen) atoms. The number of rotatable bonds is 6. The summed E-state index contributed by atoms with van der Waals surface area (Å²) in [4.78, 5) is 11.8. The van der Waals surface area contributed by atoms with Crippen molar-refractivity contribution < 1.29 is 9.53 Å². The Morgan fingerprint density at radius 2 is 1.73 bits per heavy atom.